The smallest absolute Gasteiger partial charge is 0.308 e. The molecule has 0 heterocycles. The summed E-state index contributed by atoms with van der Waals surface area (Å²) in [5.41, 5.74) is 7.04. The van der Waals surface area contributed by atoms with Crippen LogP contribution in [0.2, 0.25) is 0 Å². The van der Waals surface area contributed by atoms with Gasteiger partial charge >= 0.3 is 5.97 Å². The summed E-state index contributed by atoms with van der Waals surface area (Å²) in [6.45, 7) is 3.90. The summed E-state index contributed by atoms with van der Waals surface area (Å²) in [6.07, 6.45) is 0.728. The Morgan fingerprint density at radius 3 is 2.50 bits per heavy atom. The number of hydrogen-bond donors (Lipinski definition) is 1. The van der Waals surface area contributed by atoms with Gasteiger partial charge in [0, 0.05) is 6.04 Å². The van der Waals surface area contributed by atoms with E-state index >= 15 is 0 Å². The van der Waals surface area contributed by atoms with Gasteiger partial charge in [-0.05, 0) is 12.0 Å². The fourth-order valence-electron chi connectivity index (χ4n) is 1.33. The van der Waals surface area contributed by atoms with Crippen LogP contribution in [0, 0.1) is 5.92 Å². The van der Waals surface area contributed by atoms with Crippen molar-refractivity contribution >= 4 is 5.97 Å². The molecule has 0 bridgehead atoms. The molecule has 88 valence electrons. The molecule has 0 saturated heterocycles. The van der Waals surface area contributed by atoms with E-state index in [1.807, 2.05) is 44.2 Å². The molecule has 16 heavy (non-hydrogen) atoms. The van der Waals surface area contributed by atoms with Crippen molar-refractivity contribution < 1.29 is 9.53 Å². The van der Waals surface area contributed by atoms with Crippen molar-refractivity contribution in [2.75, 3.05) is 6.61 Å². The molecule has 0 spiro atoms. The van der Waals surface area contributed by atoms with Crippen molar-refractivity contribution in [2.45, 2.75) is 26.3 Å². The van der Waals surface area contributed by atoms with Crippen molar-refractivity contribution in [3.63, 3.8) is 0 Å². The van der Waals surface area contributed by atoms with Gasteiger partial charge < -0.3 is 10.5 Å². The minimum Gasteiger partial charge on any atom is -0.464 e. The van der Waals surface area contributed by atoms with E-state index in [2.05, 4.69) is 0 Å². The Morgan fingerprint density at radius 2 is 1.94 bits per heavy atom. The minimum absolute atomic E-state index is 0.0936. The van der Waals surface area contributed by atoms with Crippen LogP contribution in [-0.4, -0.2) is 18.6 Å². The summed E-state index contributed by atoms with van der Waals surface area (Å²) in [5, 5.41) is 0. The van der Waals surface area contributed by atoms with E-state index in [9.17, 15) is 4.79 Å². The van der Waals surface area contributed by atoms with Gasteiger partial charge in [-0.1, -0.05) is 44.2 Å². The summed E-state index contributed by atoms with van der Waals surface area (Å²) >= 11 is 0. The molecule has 0 saturated carbocycles. The number of rotatable bonds is 5. The van der Waals surface area contributed by atoms with Gasteiger partial charge in [-0.3, -0.25) is 4.79 Å². The molecule has 0 fully saturated rings. The molecule has 1 unspecified atom stereocenters. The zero-order valence-electron chi connectivity index (χ0n) is 9.85. The summed E-state index contributed by atoms with van der Waals surface area (Å²) in [6, 6.07) is 9.82. The first-order valence-electron chi connectivity index (χ1n) is 5.55. The minimum atomic E-state index is -0.191. The van der Waals surface area contributed by atoms with Crippen LogP contribution in [0.4, 0.5) is 0 Å². The van der Waals surface area contributed by atoms with Crippen LogP contribution >= 0.6 is 0 Å². The van der Waals surface area contributed by atoms with Crippen molar-refractivity contribution in [1.82, 2.24) is 0 Å². The van der Waals surface area contributed by atoms with Crippen molar-refractivity contribution in [1.29, 1.82) is 0 Å². The van der Waals surface area contributed by atoms with Crippen molar-refractivity contribution in [2.24, 2.45) is 11.7 Å². The molecule has 0 aliphatic rings. The SMILES string of the molecule is CC(C)C(=O)OCC(N)Cc1ccccc1. The van der Waals surface area contributed by atoms with E-state index in [0.29, 0.717) is 0 Å². The van der Waals surface area contributed by atoms with E-state index < -0.39 is 0 Å². The molecule has 0 aliphatic carbocycles. The summed E-state index contributed by atoms with van der Waals surface area (Å²) < 4.78 is 5.07. The number of ether oxygens (including phenoxy) is 1. The molecule has 1 rings (SSSR count). The lowest BCUT2D eigenvalue weighted by molar-refractivity contribution is -0.147. The first-order valence-corrected chi connectivity index (χ1v) is 5.55. The summed E-state index contributed by atoms with van der Waals surface area (Å²) in [5.74, 6) is -0.285. The Morgan fingerprint density at radius 1 is 1.31 bits per heavy atom. The van der Waals surface area contributed by atoms with Gasteiger partial charge in [-0.25, -0.2) is 0 Å². The highest BCUT2D eigenvalue weighted by molar-refractivity contribution is 5.71. The van der Waals surface area contributed by atoms with E-state index in [1.165, 1.54) is 0 Å². The van der Waals surface area contributed by atoms with Gasteiger partial charge in [-0.15, -0.1) is 0 Å². The number of esters is 1. The van der Waals surface area contributed by atoms with E-state index in [0.717, 1.165) is 12.0 Å². The van der Waals surface area contributed by atoms with Crippen LogP contribution in [0.3, 0.4) is 0 Å². The van der Waals surface area contributed by atoms with Gasteiger partial charge in [0.1, 0.15) is 6.61 Å². The zero-order chi connectivity index (χ0) is 12.0. The second kappa shape index (κ2) is 6.28. The van der Waals surface area contributed by atoms with Crippen LogP contribution in [0.25, 0.3) is 0 Å². The third-order valence-electron chi connectivity index (χ3n) is 2.25. The predicted molar refractivity (Wildman–Crippen MR) is 63.9 cm³/mol. The molecule has 1 atom stereocenters. The van der Waals surface area contributed by atoms with Crippen LogP contribution in [-0.2, 0) is 16.0 Å². The molecule has 3 nitrogen and oxygen atoms in total. The Balaban J connectivity index is 2.31. The Hall–Kier alpha value is -1.35. The summed E-state index contributed by atoms with van der Waals surface area (Å²) in [7, 11) is 0. The lowest BCUT2D eigenvalue weighted by Gasteiger charge is -2.13. The average Bonchev–Trinajstić information content (AvgIpc) is 2.27. The number of nitrogens with two attached hydrogens (primary N) is 1. The Labute approximate surface area is 96.6 Å². The van der Waals surface area contributed by atoms with E-state index in [4.69, 9.17) is 10.5 Å². The predicted octanol–water partition coefficient (Wildman–Crippen LogP) is 1.76. The maximum absolute atomic E-state index is 11.2. The third-order valence-corrected chi connectivity index (χ3v) is 2.25. The highest BCUT2D eigenvalue weighted by Crippen LogP contribution is 2.03. The van der Waals surface area contributed by atoms with Crippen LogP contribution in [0.15, 0.2) is 30.3 Å². The molecule has 3 heteroatoms. The number of carbonyl (C=O) groups is 1. The molecule has 0 aliphatic heterocycles. The molecule has 0 radical (unpaired) electrons. The maximum Gasteiger partial charge on any atom is 0.308 e. The van der Waals surface area contributed by atoms with Crippen LogP contribution < -0.4 is 5.73 Å². The first-order chi connectivity index (χ1) is 7.59. The molecule has 0 amide bonds. The molecular weight excluding hydrogens is 202 g/mol. The van der Waals surface area contributed by atoms with Crippen molar-refractivity contribution in [3.05, 3.63) is 35.9 Å². The van der Waals surface area contributed by atoms with Gasteiger partial charge in [0.15, 0.2) is 0 Å². The van der Waals surface area contributed by atoms with Crippen LogP contribution in [0.1, 0.15) is 19.4 Å². The van der Waals surface area contributed by atoms with E-state index in [1.54, 1.807) is 0 Å². The topological polar surface area (TPSA) is 52.3 Å². The highest BCUT2D eigenvalue weighted by Gasteiger charge is 2.11. The third kappa shape index (κ3) is 4.45. The Bertz CT molecular complexity index is 322. The number of benzene rings is 1. The monoisotopic (exact) mass is 221 g/mol. The lowest BCUT2D eigenvalue weighted by Crippen LogP contribution is -2.30. The van der Waals surface area contributed by atoms with Gasteiger partial charge in [-0.2, -0.15) is 0 Å². The number of carbonyl (C=O) groups excluding carboxylic acids is 1. The fourth-order valence-corrected chi connectivity index (χ4v) is 1.33. The lowest BCUT2D eigenvalue weighted by atomic mass is 10.1. The van der Waals surface area contributed by atoms with E-state index in [-0.39, 0.29) is 24.5 Å². The van der Waals surface area contributed by atoms with Gasteiger partial charge in [0.2, 0.25) is 0 Å². The molecule has 1 aromatic carbocycles. The Kier molecular flexibility index (Phi) is 4.99. The molecule has 0 aromatic heterocycles. The molecule has 2 N–H and O–H groups in total. The van der Waals surface area contributed by atoms with Gasteiger partial charge in [0.25, 0.3) is 0 Å². The quantitative estimate of drug-likeness (QED) is 0.771. The van der Waals surface area contributed by atoms with Crippen LogP contribution in [0.5, 0.6) is 0 Å². The maximum atomic E-state index is 11.2. The van der Waals surface area contributed by atoms with Crippen molar-refractivity contribution in [3.8, 4) is 0 Å². The second-order valence-corrected chi connectivity index (χ2v) is 4.23. The zero-order valence-corrected chi connectivity index (χ0v) is 9.85. The van der Waals surface area contributed by atoms with Gasteiger partial charge in [0.05, 0.1) is 5.92 Å². The first kappa shape index (κ1) is 12.7. The second-order valence-electron chi connectivity index (χ2n) is 4.23. The largest absolute Gasteiger partial charge is 0.464 e. The molecule has 1 aromatic rings. The fraction of sp³-hybridized carbons (Fsp3) is 0.462. The molecular formula is C13H19NO2. The standard InChI is InChI=1S/C13H19NO2/c1-10(2)13(15)16-9-12(14)8-11-6-4-3-5-7-11/h3-7,10,12H,8-9,14H2,1-2H3. The highest BCUT2D eigenvalue weighted by atomic mass is 16.5. The number of hydrogen-bond acceptors (Lipinski definition) is 3. The normalized spacial score (nSPS) is 12.5. The average molecular weight is 221 g/mol. The summed E-state index contributed by atoms with van der Waals surface area (Å²) in [4.78, 5) is 11.2.